The van der Waals surface area contributed by atoms with E-state index < -0.39 is 0 Å². The lowest BCUT2D eigenvalue weighted by molar-refractivity contribution is 0.0443. The number of ether oxygens (including phenoxy) is 1. The molecular weight excluding hydrogens is 288 g/mol. The zero-order valence-corrected chi connectivity index (χ0v) is 13.0. The number of H-pyrrole nitrogens is 1. The van der Waals surface area contributed by atoms with Crippen LogP contribution in [0.4, 0.5) is 0 Å². The second-order valence-corrected chi connectivity index (χ2v) is 6.03. The van der Waals surface area contributed by atoms with Gasteiger partial charge in [0.25, 0.3) is 0 Å². The lowest BCUT2D eigenvalue weighted by atomic mass is 10.1. The Morgan fingerprint density at radius 1 is 1.22 bits per heavy atom. The lowest BCUT2D eigenvalue weighted by Gasteiger charge is -2.16. The number of likely N-dealkylation sites (tertiary alicyclic amines) is 1. The normalized spacial score (nSPS) is 18.7. The molecule has 1 aromatic carbocycles. The number of rotatable bonds is 5. The Morgan fingerprint density at radius 2 is 2.22 bits per heavy atom. The zero-order valence-electron chi connectivity index (χ0n) is 13.0. The topological polar surface area (TPSA) is 54.0 Å². The van der Waals surface area contributed by atoms with Crippen molar-refractivity contribution in [2.75, 3.05) is 13.1 Å². The zero-order chi connectivity index (χ0) is 15.5. The van der Waals surface area contributed by atoms with Gasteiger partial charge in [0.15, 0.2) is 0 Å². The smallest absolute Gasteiger partial charge is 0.0892 e. The van der Waals surface area contributed by atoms with E-state index in [9.17, 15) is 0 Å². The summed E-state index contributed by atoms with van der Waals surface area (Å²) in [4.78, 5) is 6.75. The number of aromatic amines is 1. The van der Waals surface area contributed by atoms with Gasteiger partial charge in [-0.25, -0.2) is 0 Å². The fourth-order valence-electron chi connectivity index (χ4n) is 3.17. The summed E-state index contributed by atoms with van der Waals surface area (Å²) in [6.45, 7) is 3.58. The van der Waals surface area contributed by atoms with Gasteiger partial charge in [-0.15, -0.1) is 0 Å². The summed E-state index contributed by atoms with van der Waals surface area (Å²) in [6.07, 6.45) is 5.09. The molecule has 4 rings (SSSR count). The molecule has 1 unspecified atom stereocenters. The first-order chi connectivity index (χ1) is 11.4. The molecule has 3 heterocycles. The van der Waals surface area contributed by atoms with Crippen LogP contribution in [-0.4, -0.2) is 39.3 Å². The predicted molar refractivity (Wildman–Crippen MR) is 88.8 cm³/mol. The molecule has 0 spiro atoms. The second-order valence-electron chi connectivity index (χ2n) is 6.03. The molecule has 5 heteroatoms. The highest BCUT2D eigenvalue weighted by Gasteiger charge is 2.23. The maximum atomic E-state index is 6.01. The molecule has 0 aliphatic carbocycles. The predicted octanol–water partition coefficient (Wildman–Crippen LogP) is 2.75. The second kappa shape index (κ2) is 6.48. The van der Waals surface area contributed by atoms with Crippen molar-refractivity contribution in [3.63, 3.8) is 0 Å². The van der Waals surface area contributed by atoms with Crippen LogP contribution in [0.3, 0.4) is 0 Å². The fraction of sp³-hybridized carbons (Fsp3) is 0.333. The molecule has 1 N–H and O–H groups in total. The third-order valence-electron chi connectivity index (χ3n) is 4.39. The van der Waals surface area contributed by atoms with Crippen molar-refractivity contribution in [3.8, 4) is 0 Å². The van der Waals surface area contributed by atoms with Gasteiger partial charge in [0.1, 0.15) is 0 Å². The Bertz CT molecular complexity index is 771. The molecule has 3 aromatic rings. The van der Waals surface area contributed by atoms with E-state index in [0.717, 1.165) is 37.3 Å². The molecule has 1 aliphatic rings. The molecule has 0 bridgehead atoms. The first-order valence-corrected chi connectivity index (χ1v) is 8.03. The average molecular weight is 308 g/mol. The van der Waals surface area contributed by atoms with Gasteiger partial charge in [0, 0.05) is 31.2 Å². The van der Waals surface area contributed by atoms with Gasteiger partial charge in [-0.1, -0.05) is 18.2 Å². The minimum absolute atomic E-state index is 0.292. The molecule has 1 aliphatic heterocycles. The molecule has 2 aromatic heterocycles. The standard InChI is InChI=1S/C18H20N4O/c1-2-8-19-15(5-1)13-23-16-7-9-22(12-16)11-14-4-3-6-18-17(14)10-20-21-18/h1-6,8,10,16H,7,9,11-13H2,(H,20,21). The summed E-state index contributed by atoms with van der Waals surface area (Å²) < 4.78 is 6.01. The number of benzene rings is 1. The van der Waals surface area contributed by atoms with E-state index in [2.05, 4.69) is 38.3 Å². The molecular formula is C18H20N4O. The molecule has 0 saturated carbocycles. The van der Waals surface area contributed by atoms with Gasteiger partial charge < -0.3 is 4.74 Å². The van der Waals surface area contributed by atoms with Gasteiger partial charge in [0.05, 0.1) is 30.1 Å². The number of hydrogen-bond donors (Lipinski definition) is 1. The third-order valence-corrected chi connectivity index (χ3v) is 4.39. The SMILES string of the molecule is c1ccc(COC2CCN(Cc3cccc4[nH]ncc34)C2)nc1. The van der Waals surface area contributed by atoms with Gasteiger partial charge in [0.2, 0.25) is 0 Å². The Balaban J connectivity index is 1.34. The van der Waals surface area contributed by atoms with Crippen LogP contribution in [0.2, 0.25) is 0 Å². The maximum absolute atomic E-state index is 6.01. The van der Waals surface area contributed by atoms with Crippen LogP contribution in [0.25, 0.3) is 10.9 Å². The Morgan fingerprint density at radius 3 is 3.13 bits per heavy atom. The summed E-state index contributed by atoms with van der Waals surface area (Å²) in [6, 6.07) is 12.3. The Labute approximate surface area is 135 Å². The molecule has 0 amide bonds. The molecule has 1 atom stereocenters. The van der Waals surface area contributed by atoms with Crippen molar-refractivity contribution in [2.24, 2.45) is 0 Å². The van der Waals surface area contributed by atoms with Gasteiger partial charge in [-0.05, 0) is 30.2 Å². The molecule has 0 radical (unpaired) electrons. The summed E-state index contributed by atoms with van der Waals surface area (Å²) >= 11 is 0. The Kier molecular flexibility index (Phi) is 4.05. The van der Waals surface area contributed by atoms with E-state index in [1.807, 2.05) is 30.6 Å². The highest BCUT2D eigenvalue weighted by molar-refractivity contribution is 5.81. The number of pyridine rings is 1. The van der Waals surface area contributed by atoms with Gasteiger partial charge in [-0.2, -0.15) is 5.10 Å². The molecule has 118 valence electrons. The van der Waals surface area contributed by atoms with Crippen molar-refractivity contribution in [1.82, 2.24) is 20.1 Å². The molecule has 5 nitrogen and oxygen atoms in total. The summed E-state index contributed by atoms with van der Waals surface area (Å²) in [7, 11) is 0. The largest absolute Gasteiger partial charge is 0.371 e. The highest BCUT2D eigenvalue weighted by atomic mass is 16.5. The van der Waals surface area contributed by atoms with E-state index in [1.165, 1.54) is 10.9 Å². The van der Waals surface area contributed by atoms with Crippen LogP contribution in [0, 0.1) is 0 Å². The van der Waals surface area contributed by atoms with Gasteiger partial charge in [-0.3, -0.25) is 15.0 Å². The van der Waals surface area contributed by atoms with Crippen molar-refractivity contribution in [1.29, 1.82) is 0 Å². The fourth-order valence-corrected chi connectivity index (χ4v) is 3.17. The number of hydrogen-bond acceptors (Lipinski definition) is 4. The quantitative estimate of drug-likeness (QED) is 0.787. The Hall–Kier alpha value is -2.24. The monoisotopic (exact) mass is 308 g/mol. The average Bonchev–Trinajstić information content (AvgIpc) is 3.23. The first kappa shape index (κ1) is 14.4. The van der Waals surface area contributed by atoms with Crippen LogP contribution in [-0.2, 0) is 17.9 Å². The van der Waals surface area contributed by atoms with Crippen molar-refractivity contribution >= 4 is 10.9 Å². The van der Waals surface area contributed by atoms with E-state index in [0.29, 0.717) is 12.7 Å². The summed E-state index contributed by atoms with van der Waals surface area (Å²) in [5.41, 5.74) is 3.42. The van der Waals surface area contributed by atoms with E-state index >= 15 is 0 Å². The van der Waals surface area contributed by atoms with Gasteiger partial charge >= 0.3 is 0 Å². The summed E-state index contributed by atoms with van der Waals surface area (Å²) in [5, 5.41) is 8.38. The van der Waals surface area contributed by atoms with Crippen LogP contribution < -0.4 is 0 Å². The minimum Gasteiger partial charge on any atom is -0.371 e. The van der Waals surface area contributed by atoms with Crippen LogP contribution in [0.5, 0.6) is 0 Å². The van der Waals surface area contributed by atoms with Crippen LogP contribution >= 0.6 is 0 Å². The van der Waals surface area contributed by atoms with Crippen LogP contribution in [0.15, 0.2) is 48.8 Å². The minimum atomic E-state index is 0.292. The van der Waals surface area contributed by atoms with E-state index in [1.54, 1.807) is 0 Å². The number of nitrogens with one attached hydrogen (secondary N) is 1. The lowest BCUT2D eigenvalue weighted by Crippen LogP contribution is -2.23. The molecule has 1 fully saturated rings. The summed E-state index contributed by atoms with van der Waals surface area (Å²) in [5.74, 6) is 0. The van der Waals surface area contributed by atoms with Crippen LogP contribution in [0.1, 0.15) is 17.7 Å². The molecule has 23 heavy (non-hydrogen) atoms. The maximum Gasteiger partial charge on any atom is 0.0892 e. The number of fused-ring (bicyclic) bond motifs is 1. The van der Waals surface area contributed by atoms with E-state index in [4.69, 9.17) is 4.74 Å². The third kappa shape index (κ3) is 3.25. The van der Waals surface area contributed by atoms with Crippen molar-refractivity contribution < 1.29 is 4.74 Å². The number of aromatic nitrogens is 3. The van der Waals surface area contributed by atoms with Crippen molar-refractivity contribution in [2.45, 2.75) is 25.7 Å². The number of nitrogens with zero attached hydrogens (tertiary/aromatic N) is 3. The highest BCUT2D eigenvalue weighted by Crippen LogP contribution is 2.21. The first-order valence-electron chi connectivity index (χ1n) is 8.03. The molecule has 1 saturated heterocycles. The van der Waals surface area contributed by atoms with Crippen molar-refractivity contribution in [3.05, 3.63) is 60.0 Å². The van der Waals surface area contributed by atoms with E-state index in [-0.39, 0.29) is 0 Å².